The minimum Gasteiger partial charge on any atom is -0.392 e. The summed E-state index contributed by atoms with van der Waals surface area (Å²) in [5, 5.41) is 8.42. The van der Waals surface area contributed by atoms with E-state index in [-0.39, 0.29) is 6.61 Å². The second kappa shape index (κ2) is 10.4. The van der Waals surface area contributed by atoms with Crippen LogP contribution >= 0.6 is 0 Å². The fourth-order valence-electron chi connectivity index (χ4n) is 1.00. The molecule has 0 aliphatic rings. The molecule has 0 aromatic rings. The van der Waals surface area contributed by atoms with Gasteiger partial charge in [0.2, 0.25) is 0 Å². The number of unbranched alkanes of at least 4 members (excludes halogenated alkanes) is 4. The van der Waals surface area contributed by atoms with Gasteiger partial charge in [0.1, 0.15) is 0 Å². The van der Waals surface area contributed by atoms with E-state index in [4.69, 9.17) is 5.11 Å². The van der Waals surface area contributed by atoms with Gasteiger partial charge in [-0.1, -0.05) is 50.5 Å². The summed E-state index contributed by atoms with van der Waals surface area (Å²) in [4.78, 5) is 0. The van der Waals surface area contributed by atoms with E-state index in [2.05, 4.69) is 13.0 Å². The van der Waals surface area contributed by atoms with Crippen molar-refractivity contribution in [3.05, 3.63) is 24.3 Å². The Bertz CT molecular complexity index is 125. The van der Waals surface area contributed by atoms with Crippen molar-refractivity contribution in [3.8, 4) is 0 Å². The predicted octanol–water partition coefficient (Wildman–Crippen LogP) is 3.06. The molecule has 0 spiro atoms. The third-order valence-corrected chi connectivity index (χ3v) is 1.71. The van der Waals surface area contributed by atoms with Crippen molar-refractivity contribution >= 4 is 0 Å². The maximum atomic E-state index is 8.42. The van der Waals surface area contributed by atoms with Crippen LogP contribution in [0.5, 0.6) is 0 Å². The molecular weight excluding hydrogens is 148 g/mol. The van der Waals surface area contributed by atoms with Gasteiger partial charge in [0.05, 0.1) is 6.61 Å². The Labute approximate surface area is 75.8 Å². The number of aliphatic hydroxyl groups is 1. The molecule has 0 aromatic heterocycles. The van der Waals surface area contributed by atoms with Crippen molar-refractivity contribution in [1.29, 1.82) is 0 Å². The van der Waals surface area contributed by atoms with Crippen LogP contribution in [0.3, 0.4) is 0 Å². The molecule has 0 aliphatic carbocycles. The van der Waals surface area contributed by atoms with Crippen molar-refractivity contribution < 1.29 is 5.11 Å². The molecule has 0 atom stereocenters. The number of hydrogen-bond acceptors (Lipinski definition) is 1. The van der Waals surface area contributed by atoms with Gasteiger partial charge in [-0.25, -0.2) is 0 Å². The third-order valence-electron chi connectivity index (χ3n) is 1.71. The molecular formula is C11H20O. The molecule has 0 amide bonds. The summed E-state index contributed by atoms with van der Waals surface area (Å²) in [5.41, 5.74) is 0. The van der Waals surface area contributed by atoms with Crippen molar-refractivity contribution in [1.82, 2.24) is 0 Å². The largest absolute Gasteiger partial charge is 0.392 e. The Morgan fingerprint density at radius 2 is 1.75 bits per heavy atom. The van der Waals surface area contributed by atoms with Crippen LogP contribution in [0.25, 0.3) is 0 Å². The number of rotatable bonds is 7. The Morgan fingerprint density at radius 1 is 1.00 bits per heavy atom. The summed E-state index contributed by atoms with van der Waals surface area (Å²) in [6, 6.07) is 0. The van der Waals surface area contributed by atoms with Gasteiger partial charge in [0.25, 0.3) is 0 Å². The monoisotopic (exact) mass is 168 g/mol. The molecule has 0 radical (unpaired) electrons. The molecule has 0 aliphatic heterocycles. The van der Waals surface area contributed by atoms with Gasteiger partial charge >= 0.3 is 0 Å². The normalized spacial score (nSPS) is 11.8. The van der Waals surface area contributed by atoms with Gasteiger partial charge in [0.15, 0.2) is 0 Å². The van der Waals surface area contributed by atoms with Gasteiger partial charge in [0, 0.05) is 0 Å². The summed E-state index contributed by atoms with van der Waals surface area (Å²) >= 11 is 0. The first-order valence-electron chi connectivity index (χ1n) is 4.84. The van der Waals surface area contributed by atoms with Crippen LogP contribution in [-0.4, -0.2) is 11.7 Å². The lowest BCUT2D eigenvalue weighted by atomic mass is 10.1. The highest BCUT2D eigenvalue weighted by atomic mass is 16.2. The molecule has 12 heavy (non-hydrogen) atoms. The maximum absolute atomic E-state index is 8.42. The molecule has 0 aromatic carbocycles. The van der Waals surface area contributed by atoms with Crippen LogP contribution in [0.15, 0.2) is 24.3 Å². The molecule has 0 bridgehead atoms. The number of hydrogen-bond donors (Lipinski definition) is 1. The minimum absolute atomic E-state index is 0.139. The van der Waals surface area contributed by atoms with E-state index < -0.39 is 0 Å². The Kier molecular flexibility index (Phi) is 9.95. The van der Waals surface area contributed by atoms with Crippen LogP contribution in [0.1, 0.15) is 39.0 Å². The number of allylic oxidation sites excluding steroid dienone is 3. The number of aliphatic hydroxyl groups excluding tert-OH is 1. The van der Waals surface area contributed by atoms with E-state index in [1.807, 2.05) is 12.2 Å². The Balaban J connectivity index is 3.07. The van der Waals surface area contributed by atoms with Gasteiger partial charge in [-0.2, -0.15) is 0 Å². The van der Waals surface area contributed by atoms with E-state index in [0.29, 0.717) is 0 Å². The van der Waals surface area contributed by atoms with Crippen LogP contribution in [0, 0.1) is 0 Å². The molecule has 70 valence electrons. The minimum atomic E-state index is 0.139. The summed E-state index contributed by atoms with van der Waals surface area (Å²) < 4.78 is 0. The molecule has 1 nitrogen and oxygen atoms in total. The average molecular weight is 168 g/mol. The molecule has 1 heteroatoms. The molecule has 1 N–H and O–H groups in total. The average Bonchev–Trinajstić information content (AvgIpc) is 2.10. The van der Waals surface area contributed by atoms with Gasteiger partial charge in [-0.05, 0) is 12.8 Å². The second-order valence-electron chi connectivity index (χ2n) is 2.89. The van der Waals surface area contributed by atoms with Gasteiger partial charge in [-0.15, -0.1) is 0 Å². The van der Waals surface area contributed by atoms with Gasteiger partial charge < -0.3 is 5.11 Å². The second-order valence-corrected chi connectivity index (χ2v) is 2.89. The quantitative estimate of drug-likeness (QED) is 0.457. The lowest BCUT2D eigenvalue weighted by molar-refractivity contribution is 0.343. The smallest absolute Gasteiger partial charge is 0.0615 e. The lowest BCUT2D eigenvalue weighted by Crippen LogP contribution is -1.73. The topological polar surface area (TPSA) is 20.2 Å². The zero-order valence-electron chi connectivity index (χ0n) is 8.00. The SMILES string of the molecule is CCCCCC/C=C/C=C\CO. The first-order valence-corrected chi connectivity index (χ1v) is 4.84. The third kappa shape index (κ3) is 9.44. The molecule has 0 saturated heterocycles. The summed E-state index contributed by atoms with van der Waals surface area (Å²) in [7, 11) is 0. The Morgan fingerprint density at radius 3 is 2.42 bits per heavy atom. The van der Waals surface area contributed by atoms with Gasteiger partial charge in [-0.3, -0.25) is 0 Å². The summed E-state index contributed by atoms with van der Waals surface area (Å²) in [6.45, 7) is 2.36. The van der Waals surface area contributed by atoms with Crippen molar-refractivity contribution in [3.63, 3.8) is 0 Å². The van der Waals surface area contributed by atoms with Crippen LogP contribution in [0.2, 0.25) is 0 Å². The van der Waals surface area contributed by atoms with Crippen LogP contribution < -0.4 is 0 Å². The first-order chi connectivity index (χ1) is 5.91. The maximum Gasteiger partial charge on any atom is 0.0615 e. The highest BCUT2D eigenvalue weighted by Gasteiger charge is 1.82. The van der Waals surface area contributed by atoms with Crippen molar-refractivity contribution in [2.45, 2.75) is 39.0 Å². The molecule has 0 saturated carbocycles. The lowest BCUT2D eigenvalue weighted by Gasteiger charge is -1.92. The standard InChI is InChI=1S/C11H20O/c1-2-3-4-5-6-7-8-9-10-11-12/h7-10,12H,2-6,11H2,1H3/b8-7+,10-9-. The fourth-order valence-corrected chi connectivity index (χ4v) is 1.00. The first kappa shape index (κ1) is 11.4. The van der Waals surface area contributed by atoms with E-state index in [1.54, 1.807) is 6.08 Å². The van der Waals surface area contributed by atoms with Crippen LogP contribution in [0.4, 0.5) is 0 Å². The zero-order chi connectivity index (χ0) is 9.07. The fraction of sp³-hybridized carbons (Fsp3) is 0.636. The Hall–Kier alpha value is -0.560. The molecule has 0 fully saturated rings. The predicted molar refractivity (Wildman–Crippen MR) is 54.1 cm³/mol. The van der Waals surface area contributed by atoms with E-state index in [9.17, 15) is 0 Å². The molecule has 0 rings (SSSR count). The highest BCUT2D eigenvalue weighted by Crippen LogP contribution is 2.02. The van der Waals surface area contributed by atoms with E-state index in [0.717, 1.165) is 6.42 Å². The highest BCUT2D eigenvalue weighted by molar-refractivity contribution is 5.02. The summed E-state index contributed by atoms with van der Waals surface area (Å²) in [5.74, 6) is 0. The van der Waals surface area contributed by atoms with Crippen LogP contribution in [-0.2, 0) is 0 Å². The van der Waals surface area contributed by atoms with E-state index in [1.165, 1.54) is 25.7 Å². The molecule has 0 heterocycles. The summed E-state index contributed by atoms with van der Waals surface area (Å²) in [6.07, 6.45) is 14.2. The van der Waals surface area contributed by atoms with Crippen molar-refractivity contribution in [2.75, 3.05) is 6.61 Å². The van der Waals surface area contributed by atoms with E-state index >= 15 is 0 Å². The van der Waals surface area contributed by atoms with Crippen molar-refractivity contribution in [2.24, 2.45) is 0 Å². The molecule has 0 unspecified atom stereocenters. The zero-order valence-corrected chi connectivity index (χ0v) is 8.00.